The molecule has 0 unspecified atom stereocenters. The molecule has 0 bridgehead atoms. The quantitative estimate of drug-likeness (QED) is 0.375. The number of pyridine rings is 2. The summed E-state index contributed by atoms with van der Waals surface area (Å²) in [7, 11) is 1.63. The van der Waals surface area contributed by atoms with Gasteiger partial charge in [-0.15, -0.1) is 0 Å². The molecule has 1 aliphatic heterocycles. The monoisotopic (exact) mass is 491 g/mol. The summed E-state index contributed by atoms with van der Waals surface area (Å²) in [5.74, 6) is 0.783. The number of aliphatic hydroxyl groups excluding tert-OH is 1. The van der Waals surface area contributed by atoms with Crippen molar-refractivity contribution in [1.82, 2.24) is 25.5 Å². The Labute approximate surface area is 211 Å². The summed E-state index contributed by atoms with van der Waals surface area (Å²) in [6, 6.07) is 19.2. The van der Waals surface area contributed by atoms with Crippen LogP contribution >= 0.6 is 0 Å². The predicted octanol–water partition coefficient (Wildman–Crippen LogP) is 2.16. The van der Waals surface area contributed by atoms with Crippen LogP contribution in [0.1, 0.15) is 17.0 Å². The van der Waals surface area contributed by atoms with Gasteiger partial charge in [0.25, 0.3) is 0 Å². The number of β-amino-alcohol motifs (C(OH)–C–C–N with tert-alkyl or cyclic N) is 1. The number of alkyl carbamates (subject to hydrolysis) is 1. The van der Waals surface area contributed by atoms with Gasteiger partial charge < -0.3 is 25.2 Å². The zero-order chi connectivity index (χ0) is 25.2. The van der Waals surface area contributed by atoms with Gasteiger partial charge >= 0.3 is 6.09 Å². The van der Waals surface area contributed by atoms with Crippen molar-refractivity contribution in [3.63, 3.8) is 0 Å². The molecule has 0 radical (unpaired) electrons. The van der Waals surface area contributed by atoms with Crippen LogP contribution in [-0.4, -0.2) is 71.1 Å². The van der Waals surface area contributed by atoms with Crippen molar-refractivity contribution >= 4 is 6.09 Å². The Hall–Kier alpha value is -3.53. The Morgan fingerprint density at radius 3 is 2.31 bits per heavy atom. The number of nitrogens with zero attached hydrogens (tertiary/aromatic N) is 3. The van der Waals surface area contributed by atoms with Crippen LogP contribution in [0.4, 0.5) is 4.79 Å². The molecule has 3 N–H and O–H groups in total. The first-order valence-electron chi connectivity index (χ1n) is 12.1. The molecule has 0 saturated carbocycles. The van der Waals surface area contributed by atoms with Crippen LogP contribution in [-0.2, 0) is 24.2 Å². The molecule has 1 amide bonds. The first-order valence-corrected chi connectivity index (χ1v) is 12.1. The summed E-state index contributed by atoms with van der Waals surface area (Å²) in [4.78, 5) is 23.6. The van der Waals surface area contributed by atoms with E-state index in [2.05, 4.69) is 25.5 Å². The number of hydrogen-bond acceptors (Lipinski definition) is 8. The maximum Gasteiger partial charge on any atom is 0.407 e. The van der Waals surface area contributed by atoms with Crippen molar-refractivity contribution in [2.24, 2.45) is 0 Å². The van der Waals surface area contributed by atoms with E-state index in [0.717, 1.165) is 22.7 Å². The maximum atomic E-state index is 12.6. The van der Waals surface area contributed by atoms with E-state index < -0.39 is 18.3 Å². The second kappa shape index (κ2) is 13.0. The van der Waals surface area contributed by atoms with E-state index in [1.165, 1.54) is 0 Å². The number of nitrogens with one attached hydrogen (secondary N) is 2. The van der Waals surface area contributed by atoms with Crippen molar-refractivity contribution < 1.29 is 19.4 Å². The smallest absolute Gasteiger partial charge is 0.407 e. The minimum atomic E-state index is -0.760. The summed E-state index contributed by atoms with van der Waals surface area (Å²) < 4.78 is 10.8. The molecule has 1 saturated heterocycles. The highest BCUT2D eigenvalue weighted by molar-refractivity contribution is 5.67. The van der Waals surface area contributed by atoms with Crippen molar-refractivity contribution in [2.75, 3.05) is 26.7 Å². The molecule has 0 spiro atoms. The highest BCUT2D eigenvalue weighted by Gasteiger charge is 2.37. The molecular formula is C27H33N5O4. The number of aliphatic hydroxyl groups is 1. The molecule has 3 heterocycles. The third kappa shape index (κ3) is 7.48. The topological polar surface area (TPSA) is 109 Å². The Morgan fingerprint density at radius 1 is 1.06 bits per heavy atom. The lowest BCUT2D eigenvalue weighted by Gasteiger charge is -2.24. The highest BCUT2D eigenvalue weighted by atomic mass is 16.6. The number of carbonyl (C=O) groups excluding carboxylic acids is 1. The molecule has 1 aromatic carbocycles. The fraction of sp³-hybridized carbons (Fsp3) is 0.370. The summed E-state index contributed by atoms with van der Waals surface area (Å²) >= 11 is 0. The minimum Gasteiger partial charge on any atom is -0.497 e. The van der Waals surface area contributed by atoms with Crippen LogP contribution in [0.15, 0.2) is 73.1 Å². The average Bonchev–Trinajstić information content (AvgIpc) is 3.24. The van der Waals surface area contributed by atoms with E-state index in [1.54, 1.807) is 19.5 Å². The zero-order valence-electron chi connectivity index (χ0n) is 20.4. The van der Waals surface area contributed by atoms with Crippen LogP contribution in [0.2, 0.25) is 0 Å². The molecule has 36 heavy (non-hydrogen) atoms. The van der Waals surface area contributed by atoms with Crippen LogP contribution in [0.5, 0.6) is 5.75 Å². The van der Waals surface area contributed by atoms with E-state index in [-0.39, 0.29) is 6.04 Å². The van der Waals surface area contributed by atoms with Gasteiger partial charge in [0.15, 0.2) is 0 Å². The summed E-state index contributed by atoms with van der Waals surface area (Å²) in [5.41, 5.74) is 2.95. The second-order valence-corrected chi connectivity index (χ2v) is 8.78. The minimum absolute atomic E-state index is 0.177. The molecule has 190 valence electrons. The Balaban J connectivity index is 1.29. The SMILES string of the molecule is COc1ccc(C[C@@H]2NC[C@@H](O)[C@H]2OC(=O)NCCN(Cc2ccccn2)Cc2ccccn2)cc1. The molecular weight excluding hydrogens is 458 g/mol. The molecule has 9 heteroatoms. The lowest BCUT2D eigenvalue weighted by molar-refractivity contribution is 0.0187. The number of aromatic nitrogens is 2. The first-order chi connectivity index (χ1) is 17.6. The lowest BCUT2D eigenvalue weighted by Crippen LogP contribution is -2.43. The van der Waals surface area contributed by atoms with E-state index in [9.17, 15) is 9.90 Å². The number of amides is 1. The van der Waals surface area contributed by atoms with E-state index >= 15 is 0 Å². The molecule has 2 aromatic heterocycles. The summed E-state index contributed by atoms with van der Waals surface area (Å²) in [6.45, 7) is 2.61. The van der Waals surface area contributed by atoms with Gasteiger partial charge in [0.05, 0.1) is 24.5 Å². The first kappa shape index (κ1) is 25.6. The van der Waals surface area contributed by atoms with Gasteiger partial charge in [-0.05, 0) is 48.4 Å². The number of ether oxygens (including phenoxy) is 2. The third-order valence-electron chi connectivity index (χ3n) is 6.14. The molecule has 1 fully saturated rings. The van der Waals surface area contributed by atoms with E-state index in [0.29, 0.717) is 39.1 Å². The average molecular weight is 492 g/mol. The maximum absolute atomic E-state index is 12.6. The lowest BCUT2D eigenvalue weighted by atomic mass is 10.0. The van der Waals surface area contributed by atoms with Gasteiger partial charge in [0.1, 0.15) is 18.0 Å². The molecule has 0 aliphatic carbocycles. The van der Waals surface area contributed by atoms with Gasteiger partial charge in [-0.3, -0.25) is 14.9 Å². The van der Waals surface area contributed by atoms with Gasteiger partial charge in [-0.1, -0.05) is 24.3 Å². The normalized spacial score (nSPS) is 19.2. The molecule has 3 atom stereocenters. The zero-order valence-corrected chi connectivity index (χ0v) is 20.4. The van der Waals surface area contributed by atoms with Crippen molar-refractivity contribution in [2.45, 2.75) is 37.8 Å². The van der Waals surface area contributed by atoms with Crippen molar-refractivity contribution in [1.29, 1.82) is 0 Å². The van der Waals surface area contributed by atoms with Crippen LogP contribution in [0.3, 0.4) is 0 Å². The van der Waals surface area contributed by atoms with Crippen LogP contribution in [0, 0.1) is 0 Å². The molecule has 3 aromatic rings. The van der Waals surface area contributed by atoms with E-state index in [1.807, 2.05) is 60.7 Å². The predicted molar refractivity (Wildman–Crippen MR) is 135 cm³/mol. The van der Waals surface area contributed by atoms with Gasteiger partial charge in [0, 0.05) is 45.1 Å². The van der Waals surface area contributed by atoms with Crippen LogP contribution in [0.25, 0.3) is 0 Å². The van der Waals surface area contributed by atoms with Gasteiger partial charge in [-0.25, -0.2) is 4.79 Å². The van der Waals surface area contributed by atoms with E-state index in [4.69, 9.17) is 9.47 Å². The highest BCUT2D eigenvalue weighted by Crippen LogP contribution is 2.19. The summed E-state index contributed by atoms with van der Waals surface area (Å²) in [5, 5.41) is 16.5. The molecule has 9 nitrogen and oxygen atoms in total. The fourth-order valence-corrected chi connectivity index (χ4v) is 4.27. The third-order valence-corrected chi connectivity index (χ3v) is 6.14. The number of carbonyl (C=O) groups is 1. The standard InChI is InChI=1S/C27H33N5O4/c1-35-23-10-8-20(9-11-23)16-24-26(25(33)17-31-24)36-27(34)30-14-15-32(18-21-6-2-4-12-28-21)19-22-7-3-5-13-29-22/h2-13,24-26,31,33H,14-19H2,1H3,(H,30,34)/t24-,25+,26-/m0/s1. The number of benzene rings is 1. The van der Waals surface area contributed by atoms with Gasteiger partial charge in [0.2, 0.25) is 0 Å². The molecule has 1 aliphatic rings. The largest absolute Gasteiger partial charge is 0.497 e. The number of rotatable bonds is 11. The Morgan fingerprint density at radius 2 is 1.72 bits per heavy atom. The second-order valence-electron chi connectivity index (χ2n) is 8.78. The number of methoxy groups -OCH3 is 1. The fourth-order valence-electron chi connectivity index (χ4n) is 4.27. The molecule has 4 rings (SSSR count). The van der Waals surface area contributed by atoms with Gasteiger partial charge in [-0.2, -0.15) is 0 Å². The van der Waals surface area contributed by atoms with Crippen molar-refractivity contribution in [3.05, 3.63) is 90.0 Å². The Bertz CT molecular complexity index is 1030. The van der Waals surface area contributed by atoms with Crippen LogP contribution < -0.4 is 15.4 Å². The summed E-state index contributed by atoms with van der Waals surface area (Å²) in [6.07, 6.45) is 2.23. The number of hydrogen-bond donors (Lipinski definition) is 3. The Kier molecular flexibility index (Phi) is 9.21. The van der Waals surface area contributed by atoms with Crippen molar-refractivity contribution in [3.8, 4) is 5.75 Å².